The van der Waals surface area contributed by atoms with E-state index in [-0.39, 0.29) is 5.91 Å². The molecule has 154 valence electrons. The summed E-state index contributed by atoms with van der Waals surface area (Å²) < 4.78 is 3.31. The van der Waals surface area contributed by atoms with Crippen LogP contribution in [0.5, 0.6) is 0 Å². The first-order valence-electron chi connectivity index (χ1n) is 10.6. The summed E-state index contributed by atoms with van der Waals surface area (Å²) in [5, 5.41) is 5.23. The number of likely N-dealkylation sites (N-methyl/N-ethyl adjacent to an activating group) is 1. The number of piperazine rings is 1. The Kier molecular flexibility index (Phi) is 6.64. The van der Waals surface area contributed by atoms with Crippen molar-refractivity contribution in [2.24, 2.45) is 0 Å². The SMILES string of the molecule is CCN1CCN(CCCNC(=O)c2cc3sccc3n2Cc2ccccc2)CC1. The molecule has 1 aliphatic heterocycles. The molecule has 1 aliphatic rings. The Bertz CT molecular complexity index is 925. The van der Waals surface area contributed by atoms with Gasteiger partial charge < -0.3 is 19.7 Å². The second-order valence-electron chi connectivity index (χ2n) is 7.66. The summed E-state index contributed by atoms with van der Waals surface area (Å²) in [6.45, 7) is 10.4. The number of thiophene rings is 1. The molecule has 0 bridgehead atoms. The number of nitrogens with zero attached hydrogens (tertiary/aromatic N) is 3. The minimum Gasteiger partial charge on any atom is -0.351 e. The van der Waals surface area contributed by atoms with Crippen LogP contribution in [0.25, 0.3) is 10.2 Å². The Morgan fingerprint density at radius 1 is 1.07 bits per heavy atom. The van der Waals surface area contributed by atoms with Crippen LogP contribution in [0.3, 0.4) is 0 Å². The van der Waals surface area contributed by atoms with Gasteiger partial charge in [0.2, 0.25) is 0 Å². The number of amides is 1. The minimum absolute atomic E-state index is 0.0279. The lowest BCUT2D eigenvalue weighted by atomic mass is 10.2. The molecule has 0 saturated carbocycles. The molecule has 3 aromatic rings. The highest BCUT2D eigenvalue weighted by Crippen LogP contribution is 2.26. The van der Waals surface area contributed by atoms with Gasteiger partial charge in [-0.05, 0) is 42.6 Å². The van der Waals surface area contributed by atoms with Gasteiger partial charge in [-0.1, -0.05) is 37.3 Å². The van der Waals surface area contributed by atoms with Crippen molar-refractivity contribution >= 4 is 27.5 Å². The normalized spacial score (nSPS) is 15.8. The molecule has 1 N–H and O–H groups in total. The van der Waals surface area contributed by atoms with E-state index in [1.807, 2.05) is 24.3 Å². The van der Waals surface area contributed by atoms with E-state index in [0.29, 0.717) is 6.54 Å². The average Bonchev–Trinajstić information content (AvgIpc) is 3.35. The van der Waals surface area contributed by atoms with Crippen LogP contribution in [0.2, 0.25) is 0 Å². The molecule has 1 aromatic carbocycles. The van der Waals surface area contributed by atoms with Gasteiger partial charge in [-0.3, -0.25) is 4.79 Å². The van der Waals surface area contributed by atoms with E-state index in [0.717, 1.165) is 63.4 Å². The van der Waals surface area contributed by atoms with Crippen LogP contribution in [0.4, 0.5) is 0 Å². The predicted molar refractivity (Wildman–Crippen MR) is 121 cm³/mol. The Morgan fingerprint density at radius 3 is 2.59 bits per heavy atom. The van der Waals surface area contributed by atoms with Gasteiger partial charge in [0.15, 0.2) is 0 Å². The molecule has 0 radical (unpaired) electrons. The number of benzene rings is 1. The number of hydrogen-bond donors (Lipinski definition) is 1. The molecular weight excluding hydrogens is 380 g/mol. The first-order chi connectivity index (χ1) is 14.2. The number of fused-ring (bicyclic) bond motifs is 1. The fourth-order valence-electron chi connectivity index (χ4n) is 4.03. The van der Waals surface area contributed by atoms with Crippen LogP contribution >= 0.6 is 11.3 Å². The Labute approximate surface area is 176 Å². The molecular formula is C23H30N4OS. The third-order valence-corrected chi connectivity index (χ3v) is 6.64. The fraction of sp³-hybridized carbons (Fsp3) is 0.435. The monoisotopic (exact) mass is 410 g/mol. The van der Waals surface area contributed by atoms with E-state index in [1.54, 1.807) is 11.3 Å². The lowest BCUT2D eigenvalue weighted by Gasteiger charge is -2.33. The maximum absolute atomic E-state index is 12.9. The van der Waals surface area contributed by atoms with Crippen LogP contribution in [-0.4, -0.2) is 66.1 Å². The van der Waals surface area contributed by atoms with Crippen LogP contribution in [0.1, 0.15) is 29.4 Å². The molecule has 1 fully saturated rings. The lowest BCUT2D eigenvalue weighted by Crippen LogP contribution is -2.46. The standard InChI is InChI=1S/C23H30N4OS/c1-2-25-12-14-26(15-13-25)11-6-10-24-23(28)21-17-22-20(9-16-29-22)27(21)18-19-7-4-3-5-8-19/h3-5,7-9,16-17H,2,6,10-15,18H2,1H3,(H,24,28). The van der Waals surface area contributed by atoms with Crippen molar-refractivity contribution in [1.29, 1.82) is 0 Å². The number of carbonyl (C=O) groups is 1. The molecule has 0 spiro atoms. The summed E-state index contributed by atoms with van der Waals surface area (Å²) in [4.78, 5) is 17.9. The zero-order valence-electron chi connectivity index (χ0n) is 17.1. The number of nitrogens with one attached hydrogen (secondary N) is 1. The number of hydrogen-bond acceptors (Lipinski definition) is 4. The second-order valence-corrected chi connectivity index (χ2v) is 8.60. The minimum atomic E-state index is 0.0279. The van der Waals surface area contributed by atoms with E-state index >= 15 is 0 Å². The molecule has 1 amide bonds. The first kappa shape index (κ1) is 20.1. The second kappa shape index (κ2) is 9.57. The van der Waals surface area contributed by atoms with Crippen molar-refractivity contribution in [3.8, 4) is 0 Å². The highest BCUT2D eigenvalue weighted by Gasteiger charge is 2.17. The average molecular weight is 411 g/mol. The summed E-state index contributed by atoms with van der Waals surface area (Å²) in [6, 6.07) is 14.5. The molecule has 3 heterocycles. The molecule has 0 unspecified atom stereocenters. The van der Waals surface area contributed by atoms with E-state index in [1.165, 1.54) is 10.3 Å². The smallest absolute Gasteiger partial charge is 0.267 e. The third-order valence-electron chi connectivity index (χ3n) is 5.79. The Hall–Kier alpha value is -2.15. The van der Waals surface area contributed by atoms with Gasteiger partial charge in [0.25, 0.3) is 5.91 Å². The van der Waals surface area contributed by atoms with Crippen molar-refractivity contribution in [3.05, 3.63) is 59.1 Å². The third kappa shape index (κ3) is 4.89. The van der Waals surface area contributed by atoms with Gasteiger partial charge >= 0.3 is 0 Å². The van der Waals surface area contributed by atoms with Crippen LogP contribution < -0.4 is 5.32 Å². The van der Waals surface area contributed by atoms with Crippen LogP contribution in [0.15, 0.2) is 47.8 Å². The zero-order valence-corrected chi connectivity index (χ0v) is 18.0. The quantitative estimate of drug-likeness (QED) is 0.578. The van der Waals surface area contributed by atoms with E-state index in [9.17, 15) is 4.79 Å². The molecule has 0 atom stereocenters. The highest BCUT2D eigenvalue weighted by atomic mass is 32.1. The summed E-state index contributed by atoms with van der Waals surface area (Å²) in [7, 11) is 0. The number of rotatable bonds is 8. The van der Waals surface area contributed by atoms with Gasteiger partial charge in [0.1, 0.15) is 5.69 Å². The maximum Gasteiger partial charge on any atom is 0.267 e. The van der Waals surface area contributed by atoms with Crippen molar-refractivity contribution in [3.63, 3.8) is 0 Å². The van der Waals surface area contributed by atoms with E-state index in [2.05, 4.69) is 50.2 Å². The molecule has 0 aliphatic carbocycles. The Morgan fingerprint density at radius 2 is 1.83 bits per heavy atom. The molecule has 6 heteroatoms. The predicted octanol–water partition coefficient (Wildman–Crippen LogP) is 3.51. The molecule has 5 nitrogen and oxygen atoms in total. The van der Waals surface area contributed by atoms with Gasteiger partial charge in [0, 0.05) is 39.3 Å². The molecule has 2 aromatic heterocycles. The maximum atomic E-state index is 12.9. The van der Waals surface area contributed by atoms with Gasteiger partial charge in [-0.25, -0.2) is 0 Å². The van der Waals surface area contributed by atoms with E-state index in [4.69, 9.17) is 0 Å². The number of aromatic nitrogens is 1. The van der Waals surface area contributed by atoms with Crippen molar-refractivity contribution in [2.75, 3.05) is 45.8 Å². The number of carbonyl (C=O) groups excluding carboxylic acids is 1. The van der Waals surface area contributed by atoms with Crippen molar-refractivity contribution in [1.82, 2.24) is 19.7 Å². The Balaban J connectivity index is 1.34. The molecule has 4 rings (SSSR count). The molecule has 1 saturated heterocycles. The molecule has 29 heavy (non-hydrogen) atoms. The van der Waals surface area contributed by atoms with E-state index < -0.39 is 0 Å². The van der Waals surface area contributed by atoms with Crippen molar-refractivity contribution < 1.29 is 4.79 Å². The first-order valence-corrected chi connectivity index (χ1v) is 11.5. The lowest BCUT2D eigenvalue weighted by molar-refractivity contribution is 0.0940. The largest absolute Gasteiger partial charge is 0.351 e. The van der Waals surface area contributed by atoms with Gasteiger partial charge in [-0.2, -0.15) is 0 Å². The topological polar surface area (TPSA) is 40.5 Å². The summed E-state index contributed by atoms with van der Waals surface area (Å²) >= 11 is 1.69. The van der Waals surface area contributed by atoms with Gasteiger partial charge in [-0.15, -0.1) is 11.3 Å². The summed E-state index contributed by atoms with van der Waals surface area (Å²) in [5.41, 5.74) is 3.10. The van der Waals surface area contributed by atoms with Gasteiger partial charge in [0.05, 0.1) is 10.2 Å². The fourth-order valence-corrected chi connectivity index (χ4v) is 4.85. The zero-order chi connectivity index (χ0) is 20.1. The summed E-state index contributed by atoms with van der Waals surface area (Å²) in [6.07, 6.45) is 0.992. The van der Waals surface area contributed by atoms with Crippen LogP contribution in [-0.2, 0) is 6.54 Å². The highest BCUT2D eigenvalue weighted by molar-refractivity contribution is 7.17. The van der Waals surface area contributed by atoms with Crippen molar-refractivity contribution in [2.45, 2.75) is 19.9 Å². The summed E-state index contributed by atoms with van der Waals surface area (Å²) in [5.74, 6) is 0.0279. The van der Waals surface area contributed by atoms with Crippen LogP contribution in [0, 0.1) is 0 Å².